The third-order valence-electron chi connectivity index (χ3n) is 3.45. The van der Waals surface area contributed by atoms with Crippen LogP contribution in [0.3, 0.4) is 0 Å². The van der Waals surface area contributed by atoms with Crippen LogP contribution in [0.5, 0.6) is 0 Å². The van der Waals surface area contributed by atoms with Crippen LogP contribution in [0.4, 0.5) is 10.1 Å². The van der Waals surface area contributed by atoms with E-state index in [0.29, 0.717) is 11.6 Å². The van der Waals surface area contributed by atoms with Gasteiger partial charge in [0, 0.05) is 23.8 Å². The molecule has 3 N–H and O–H groups in total. The molecule has 0 spiro atoms. The summed E-state index contributed by atoms with van der Waals surface area (Å²) in [6.07, 6.45) is 2.42. The van der Waals surface area contributed by atoms with Crippen LogP contribution in [0.2, 0.25) is 0 Å². The fourth-order valence-corrected chi connectivity index (χ4v) is 2.51. The first kappa shape index (κ1) is 13.2. The maximum absolute atomic E-state index is 13.2. The number of anilines is 1. The molecular formula is C13H18FN3S. The lowest BCUT2D eigenvalue weighted by Gasteiger charge is -2.21. The third kappa shape index (κ3) is 2.97. The quantitative estimate of drug-likeness (QED) is 0.818. The van der Waals surface area contributed by atoms with Crippen LogP contribution >= 0.6 is 12.2 Å². The molecule has 1 fully saturated rings. The van der Waals surface area contributed by atoms with Gasteiger partial charge in [-0.1, -0.05) is 12.2 Å². The van der Waals surface area contributed by atoms with Crippen molar-refractivity contribution in [3.05, 3.63) is 29.6 Å². The maximum Gasteiger partial charge on any atom is 0.124 e. The van der Waals surface area contributed by atoms with Gasteiger partial charge < -0.3 is 16.0 Å². The van der Waals surface area contributed by atoms with Gasteiger partial charge in [0.25, 0.3) is 0 Å². The van der Waals surface area contributed by atoms with Crippen LogP contribution in [0.1, 0.15) is 18.4 Å². The summed E-state index contributed by atoms with van der Waals surface area (Å²) in [5.41, 5.74) is 6.99. The third-order valence-corrected chi connectivity index (χ3v) is 3.67. The number of rotatable bonds is 4. The molecule has 1 aliphatic heterocycles. The molecule has 0 saturated carbocycles. The van der Waals surface area contributed by atoms with Crippen molar-refractivity contribution < 1.29 is 4.39 Å². The largest absolute Gasteiger partial charge is 0.389 e. The normalized spacial score (nSPS) is 20.0. The molecule has 1 atom stereocenters. The molecule has 5 heteroatoms. The van der Waals surface area contributed by atoms with Crippen molar-refractivity contribution >= 4 is 22.9 Å². The van der Waals surface area contributed by atoms with Crippen molar-refractivity contribution in [1.82, 2.24) is 4.90 Å². The number of likely N-dealkylation sites (N-methyl/N-ethyl adjacent to an activating group) is 1. The lowest BCUT2D eigenvalue weighted by Crippen LogP contribution is -2.32. The number of benzene rings is 1. The Balaban J connectivity index is 2.06. The van der Waals surface area contributed by atoms with Gasteiger partial charge in [0.1, 0.15) is 10.8 Å². The van der Waals surface area contributed by atoms with E-state index >= 15 is 0 Å². The SMILES string of the molecule is CN1CCCC1CNc1ccc(F)cc1C(N)=S. The fraction of sp³-hybridized carbons (Fsp3) is 0.462. The van der Waals surface area contributed by atoms with Crippen molar-refractivity contribution in [2.45, 2.75) is 18.9 Å². The van der Waals surface area contributed by atoms with Crippen LogP contribution in [0, 0.1) is 5.82 Å². The van der Waals surface area contributed by atoms with Gasteiger partial charge in [0.05, 0.1) is 0 Å². The van der Waals surface area contributed by atoms with Gasteiger partial charge in [0.2, 0.25) is 0 Å². The Morgan fingerprint density at radius 2 is 2.39 bits per heavy atom. The number of halogens is 1. The topological polar surface area (TPSA) is 41.3 Å². The first-order valence-corrected chi connectivity index (χ1v) is 6.52. The lowest BCUT2D eigenvalue weighted by molar-refractivity contribution is 0.322. The second kappa shape index (κ2) is 5.63. The van der Waals surface area contributed by atoms with Gasteiger partial charge in [-0.3, -0.25) is 0 Å². The predicted octanol–water partition coefficient (Wildman–Crippen LogP) is 1.97. The molecule has 0 bridgehead atoms. The standard InChI is InChI=1S/C13H18FN3S/c1-17-6-2-3-10(17)8-16-12-5-4-9(14)7-11(12)13(15)18/h4-5,7,10,16H,2-3,6,8H2,1H3,(H2,15,18). The predicted molar refractivity (Wildman–Crippen MR) is 76.4 cm³/mol. The average Bonchev–Trinajstić information content (AvgIpc) is 2.73. The second-order valence-electron chi connectivity index (χ2n) is 4.71. The monoisotopic (exact) mass is 267 g/mol. The molecule has 0 amide bonds. The highest BCUT2D eigenvalue weighted by molar-refractivity contribution is 7.80. The van der Waals surface area contributed by atoms with Gasteiger partial charge in [-0.25, -0.2) is 4.39 Å². The molecule has 1 heterocycles. The highest BCUT2D eigenvalue weighted by atomic mass is 32.1. The zero-order valence-electron chi connectivity index (χ0n) is 10.4. The molecule has 1 unspecified atom stereocenters. The zero-order chi connectivity index (χ0) is 13.1. The number of nitrogens with two attached hydrogens (primary N) is 1. The second-order valence-corrected chi connectivity index (χ2v) is 5.15. The summed E-state index contributed by atoms with van der Waals surface area (Å²) in [4.78, 5) is 2.55. The van der Waals surface area contributed by atoms with E-state index in [1.165, 1.54) is 25.0 Å². The Labute approximate surface area is 112 Å². The number of hydrogen-bond acceptors (Lipinski definition) is 3. The molecule has 2 rings (SSSR count). The van der Waals surface area contributed by atoms with E-state index in [1.54, 1.807) is 6.07 Å². The molecule has 1 aliphatic rings. The molecule has 1 aromatic carbocycles. The van der Waals surface area contributed by atoms with Gasteiger partial charge in [-0.2, -0.15) is 0 Å². The number of likely N-dealkylation sites (tertiary alicyclic amines) is 1. The average molecular weight is 267 g/mol. The van der Waals surface area contributed by atoms with Gasteiger partial charge >= 0.3 is 0 Å². The minimum Gasteiger partial charge on any atom is -0.389 e. The fourth-order valence-electron chi connectivity index (χ4n) is 2.34. The van der Waals surface area contributed by atoms with E-state index < -0.39 is 0 Å². The first-order chi connectivity index (χ1) is 8.58. The molecule has 3 nitrogen and oxygen atoms in total. The van der Waals surface area contributed by atoms with Crippen molar-refractivity contribution in [3.8, 4) is 0 Å². The molecular weight excluding hydrogens is 249 g/mol. The Hall–Kier alpha value is -1.20. The van der Waals surface area contributed by atoms with E-state index in [0.717, 1.165) is 18.8 Å². The Bertz CT molecular complexity index is 450. The molecule has 0 aromatic heterocycles. The molecule has 1 aromatic rings. The first-order valence-electron chi connectivity index (χ1n) is 6.11. The molecule has 98 valence electrons. The van der Waals surface area contributed by atoms with Gasteiger partial charge in [-0.15, -0.1) is 0 Å². The summed E-state index contributed by atoms with van der Waals surface area (Å²) in [5.74, 6) is -0.318. The van der Waals surface area contributed by atoms with Crippen LogP contribution in [0.25, 0.3) is 0 Å². The number of nitrogens with one attached hydrogen (secondary N) is 1. The van der Waals surface area contributed by atoms with Crippen LogP contribution in [-0.2, 0) is 0 Å². The highest BCUT2D eigenvalue weighted by Gasteiger charge is 2.20. The van der Waals surface area contributed by atoms with E-state index in [2.05, 4.69) is 17.3 Å². The van der Waals surface area contributed by atoms with E-state index in [-0.39, 0.29) is 10.8 Å². The molecule has 1 saturated heterocycles. The molecule has 0 radical (unpaired) electrons. The van der Waals surface area contributed by atoms with Crippen molar-refractivity contribution in [1.29, 1.82) is 0 Å². The zero-order valence-corrected chi connectivity index (χ0v) is 11.3. The summed E-state index contributed by atoms with van der Waals surface area (Å²) in [6.45, 7) is 1.97. The minimum absolute atomic E-state index is 0.219. The van der Waals surface area contributed by atoms with Crippen LogP contribution < -0.4 is 11.1 Å². The molecule has 18 heavy (non-hydrogen) atoms. The lowest BCUT2D eigenvalue weighted by atomic mass is 10.1. The van der Waals surface area contributed by atoms with Crippen molar-refractivity contribution in [2.24, 2.45) is 5.73 Å². The van der Waals surface area contributed by atoms with E-state index in [1.807, 2.05) is 0 Å². The number of hydrogen-bond donors (Lipinski definition) is 2. The van der Waals surface area contributed by atoms with Gasteiger partial charge in [-0.05, 0) is 44.6 Å². The minimum atomic E-state index is -0.318. The summed E-state index contributed by atoms with van der Waals surface area (Å²) < 4.78 is 13.2. The van der Waals surface area contributed by atoms with Crippen LogP contribution in [-0.4, -0.2) is 36.1 Å². The Morgan fingerprint density at radius 1 is 1.61 bits per heavy atom. The van der Waals surface area contributed by atoms with Gasteiger partial charge in [0.15, 0.2) is 0 Å². The van der Waals surface area contributed by atoms with Crippen LogP contribution in [0.15, 0.2) is 18.2 Å². The summed E-state index contributed by atoms with van der Waals surface area (Å²) in [6, 6.07) is 5.01. The number of thiocarbonyl (C=S) groups is 1. The van der Waals surface area contributed by atoms with Crippen molar-refractivity contribution in [3.63, 3.8) is 0 Å². The highest BCUT2D eigenvalue weighted by Crippen LogP contribution is 2.19. The van der Waals surface area contributed by atoms with Crippen molar-refractivity contribution in [2.75, 3.05) is 25.5 Å². The summed E-state index contributed by atoms with van der Waals surface area (Å²) in [7, 11) is 2.12. The molecule has 0 aliphatic carbocycles. The maximum atomic E-state index is 13.2. The Morgan fingerprint density at radius 3 is 3.00 bits per heavy atom. The van der Waals surface area contributed by atoms with E-state index in [9.17, 15) is 4.39 Å². The van der Waals surface area contributed by atoms with E-state index in [4.69, 9.17) is 18.0 Å². The number of nitrogens with zero attached hydrogens (tertiary/aromatic N) is 1. The Kier molecular flexibility index (Phi) is 4.14. The summed E-state index contributed by atoms with van der Waals surface area (Å²) in [5, 5.41) is 3.32. The smallest absolute Gasteiger partial charge is 0.124 e. The summed E-state index contributed by atoms with van der Waals surface area (Å²) >= 11 is 4.94.